The molecular formula is C11H12O4. The summed E-state index contributed by atoms with van der Waals surface area (Å²) in [6.07, 6.45) is 2.11. The first-order chi connectivity index (χ1) is 7.22. The van der Waals surface area contributed by atoms with Crippen LogP contribution in [0.3, 0.4) is 0 Å². The van der Waals surface area contributed by atoms with Gasteiger partial charge in [0.05, 0.1) is 19.4 Å². The quantitative estimate of drug-likeness (QED) is 0.592. The summed E-state index contributed by atoms with van der Waals surface area (Å²) in [7, 11) is 1.60. The van der Waals surface area contributed by atoms with E-state index in [1.54, 1.807) is 7.11 Å². The molecule has 0 spiro atoms. The van der Waals surface area contributed by atoms with Gasteiger partial charge in [0.25, 0.3) is 0 Å². The first kappa shape index (κ1) is 11.1. The van der Waals surface area contributed by atoms with Crippen LogP contribution < -0.4 is 4.74 Å². The van der Waals surface area contributed by atoms with Gasteiger partial charge in [0.1, 0.15) is 12.4 Å². The molecule has 0 saturated heterocycles. The zero-order valence-corrected chi connectivity index (χ0v) is 8.34. The number of carboxylic acid groups (broad SMARTS) is 1. The SMILES string of the molecule is COc1ccc(CO/C=C/C(=O)O)cc1. The van der Waals surface area contributed by atoms with Crippen LogP contribution in [-0.4, -0.2) is 18.2 Å². The average Bonchev–Trinajstić information content (AvgIpc) is 2.25. The fraction of sp³-hybridized carbons (Fsp3) is 0.182. The molecule has 0 heterocycles. The molecule has 0 aliphatic rings. The van der Waals surface area contributed by atoms with Gasteiger partial charge in [-0.25, -0.2) is 4.79 Å². The van der Waals surface area contributed by atoms with E-state index in [0.717, 1.165) is 23.7 Å². The van der Waals surface area contributed by atoms with Gasteiger partial charge in [-0.05, 0) is 17.7 Å². The van der Waals surface area contributed by atoms with Crippen molar-refractivity contribution < 1.29 is 19.4 Å². The number of aliphatic carboxylic acids is 1. The van der Waals surface area contributed by atoms with E-state index in [0.29, 0.717) is 6.61 Å². The second-order valence-corrected chi connectivity index (χ2v) is 2.80. The lowest BCUT2D eigenvalue weighted by molar-refractivity contribution is -0.131. The first-order valence-corrected chi connectivity index (χ1v) is 4.36. The molecule has 4 heteroatoms. The van der Waals surface area contributed by atoms with Gasteiger partial charge in [-0.15, -0.1) is 0 Å². The fourth-order valence-electron chi connectivity index (χ4n) is 0.972. The predicted octanol–water partition coefficient (Wildman–Crippen LogP) is 1.81. The predicted molar refractivity (Wildman–Crippen MR) is 54.6 cm³/mol. The van der Waals surface area contributed by atoms with E-state index in [9.17, 15) is 4.79 Å². The van der Waals surface area contributed by atoms with E-state index in [-0.39, 0.29) is 0 Å². The maximum Gasteiger partial charge on any atom is 0.331 e. The largest absolute Gasteiger partial charge is 0.497 e. The van der Waals surface area contributed by atoms with Gasteiger partial charge < -0.3 is 14.6 Å². The van der Waals surface area contributed by atoms with Gasteiger partial charge in [0.15, 0.2) is 0 Å². The zero-order valence-electron chi connectivity index (χ0n) is 8.34. The Bertz CT molecular complexity index is 340. The maximum atomic E-state index is 10.1. The molecule has 80 valence electrons. The molecule has 0 fully saturated rings. The van der Waals surface area contributed by atoms with Crippen LogP contribution in [0.1, 0.15) is 5.56 Å². The van der Waals surface area contributed by atoms with E-state index >= 15 is 0 Å². The molecule has 0 amide bonds. The van der Waals surface area contributed by atoms with Crippen LogP contribution in [0.4, 0.5) is 0 Å². The van der Waals surface area contributed by atoms with Gasteiger partial charge in [0, 0.05) is 0 Å². The molecule has 0 aliphatic carbocycles. The molecule has 0 unspecified atom stereocenters. The van der Waals surface area contributed by atoms with Crippen LogP contribution in [0, 0.1) is 0 Å². The van der Waals surface area contributed by atoms with Crippen LogP contribution in [0.2, 0.25) is 0 Å². The van der Waals surface area contributed by atoms with Gasteiger partial charge >= 0.3 is 5.97 Å². The zero-order chi connectivity index (χ0) is 11.1. The van der Waals surface area contributed by atoms with Gasteiger partial charge in [-0.2, -0.15) is 0 Å². The molecule has 1 N–H and O–H groups in total. The van der Waals surface area contributed by atoms with Gasteiger partial charge in [0.2, 0.25) is 0 Å². The summed E-state index contributed by atoms with van der Waals surface area (Å²) >= 11 is 0. The third-order valence-corrected chi connectivity index (χ3v) is 1.72. The molecule has 4 nitrogen and oxygen atoms in total. The number of hydrogen-bond donors (Lipinski definition) is 1. The minimum atomic E-state index is -1.02. The van der Waals surface area contributed by atoms with Crippen molar-refractivity contribution in [2.45, 2.75) is 6.61 Å². The highest BCUT2D eigenvalue weighted by Gasteiger charge is 1.93. The van der Waals surface area contributed by atoms with Crippen molar-refractivity contribution in [2.75, 3.05) is 7.11 Å². The van der Waals surface area contributed by atoms with Crippen LogP contribution >= 0.6 is 0 Å². The maximum absolute atomic E-state index is 10.1. The third-order valence-electron chi connectivity index (χ3n) is 1.72. The summed E-state index contributed by atoms with van der Waals surface area (Å²) < 4.78 is 10.00. The summed E-state index contributed by atoms with van der Waals surface area (Å²) in [6, 6.07) is 7.35. The lowest BCUT2D eigenvalue weighted by atomic mass is 10.2. The van der Waals surface area contributed by atoms with Crippen LogP contribution in [0.25, 0.3) is 0 Å². The number of methoxy groups -OCH3 is 1. The Kier molecular flexibility index (Phi) is 4.22. The minimum Gasteiger partial charge on any atom is -0.497 e. The van der Waals surface area contributed by atoms with Gasteiger partial charge in [-0.1, -0.05) is 12.1 Å². The van der Waals surface area contributed by atoms with Crippen molar-refractivity contribution in [2.24, 2.45) is 0 Å². The molecule has 15 heavy (non-hydrogen) atoms. The Morgan fingerprint density at radius 3 is 2.60 bits per heavy atom. The summed E-state index contributed by atoms with van der Waals surface area (Å²) in [6.45, 7) is 0.341. The Morgan fingerprint density at radius 1 is 1.40 bits per heavy atom. The number of hydrogen-bond acceptors (Lipinski definition) is 3. The molecule has 0 radical (unpaired) electrons. The third kappa shape index (κ3) is 4.17. The number of rotatable bonds is 5. The van der Waals surface area contributed by atoms with E-state index in [2.05, 4.69) is 0 Å². The summed E-state index contributed by atoms with van der Waals surface area (Å²) in [4.78, 5) is 10.1. The lowest BCUT2D eigenvalue weighted by Gasteiger charge is -2.02. The van der Waals surface area contributed by atoms with Gasteiger partial charge in [-0.3, -0.25) is 0 Å². The Labute approximate surface area is 87.7 Å². The standard InChI is InChI=1S/C11H12O4/c1-14-10-4-2-9(3-5-10)8-15-7-6-11(12)13/h2-7H,8H2,1H3,(H,12,13)/b7-6+. The summed E-state index contributed by atoms with van der Waals surface area (Å²) in [5.74, 6) is -0.246. The topological polar surface area (TPSA) is 55.8 Å². The molecule has 0 saturated carbocycles. The normalized spacial score (nSPS) is 10.2. The van der Waals surface area contributed by atoms with Crippen LogP contribution in [0.5, 0.6) is 5.75 Å². The number of carbonyl (C=O) groups is 1. The van der Waals surface area contributed by atoms with Crippen molar-refractivity contribution >= 4 is 5.97 Å². The highest BCUT2D eigenvalue weighted by Crippen LogP contribution is 2.11. The molecule has 0 bridgehead atoms. The smallest absolute Gasteiger partial charge is 0.331 e. The van der Waals surface area contributed by atoms with Crippen LogP contribution in [0.15, 0.2) is 36.6 Å². The Hall–Kier alpha value is -1.97. The molecule has 0 aromatic heterocycles. The highest BCUT2D eigenvalue weighted by molar-refractivity contribution is 5.79. The van der Waals surface area contributed by atoms with E-state index < -0.39 is 5.97 Å². The molecule has 1 aromatic carbocycles. The van der Waals surface area contributed by atoms with E-state index in [1.807, 2.05) is 24.3 Å². The average molecular weight is 208 g/mol. The summed E-state index contributed by atoms with van der Waals surface area (Å²) in [5, 5.41) is 8.30. The monoisotopic (exact) mass is 208 g/mol. The van der Waals surface area contributed by atoms with Crippen molar-refractivity contribution in [1.29, 1.82) is 0 Å². The number of benzene rings is 1. The second-order valence-electron chi connectivity index (χ2n) is 2.80. The van der Waals surface area contributed by atoms with Crippen molar-refractivity contribution in [3.8, 4) is 5.75 Å². The molecule has 1 aromatic rings. The fourth-order valence-corrected chi connectivity index (χ4v) is 0.972. The number of carboxylic acids is 1. The molecule has 1 rings (SSSR count). The Balaban J connectivity index is 2.41. The van der Waals surface area contributed by atoms with Crippen LogP contribution in [-0.2, 0) is 16.1 Å². The lowest BCUT2D eigenvalue weighted by Crippen LogP contribution is -1.90. The van der Waals surface area contributed by atoms with Crippen molar-refractivity contribution in [1.82, 2.24) is 0 Å². The Morgan fingerprint density at radius 2 is 2.07 bits per heavy atom. The minimum absolute atomic E-state index is 0.341. The molecule has 0 atom stereocenters. The summed E-state index contributed by atoms with van der Waals surface area (Å²) in [5.41, 5.74) is 0.950. The van der Waals surface area contributed by atoms with E-state index in [4.69, 9.17) is 14.6 Å². The second kappa shape index (κ2) is 5.70. The molecule has 0 aliphatic heterocycles. The number of ether oxygens (including phenoxy) is 2. The first-order valence-electron chi connectivity index (χ1n) is 4.36. The van der Waals surface area contributed by atoms with Crippen molar-refractivity contribution in [3.05, 3.63) is 42.2 Å². The van der Waals surface area contributed by atoms with E-state index in [1.165, 1.54) is 0 Å². The molecular weight excluding hydrogens is 196 g/mol. The highest BCUT2D eigenvalue weighted by atomic mass is 16.5. The van der Waals surface area contributed by atoms with Crippen molar-refractivity contribution in [3.63, 3.8) is 0 Å².